The van der Waals surface area contributed by atoms with Crippen molar-refractivity contribution in [1.29, 1.82) is 0 Å². The maximum Gasteiger partial charge on any atom is 0.262 e. The number of anilines is 1. The smallest absolute Gasteiger partial charge is 0.262 e. The number of sulfonamides is 1. The number of hydrogen-bond acceptors (Lipinski definition) is 4. The second-order valence-corrected chi connectivity index (χ2v) is 9.18. The van der Waals surface area contributed by atoms with E-state index in [2.05, 4.69) is 10.8 Å². The molecule has 1 aliphatic rings. The van der Waals surface area contributed by atoms with Crippen molar-refractivity contribution in [2.75, 3.05) is 18.4 Å². The summed E-state index contributed by atoms with van der Waals surface area (Å²) in [5.74, 6) is 0.242. The van der Waals surface area contributed by atoms with Crippen LogP contribution in [0.4, 0.5) is 5.69 Å². The minimum absolute atomic E-state index is 0.0710. The summed E-state index contributed by atoms with van der Waals surface area (Å²) in [6, 6.07) is 19.7. The lowest BCUT2D eigenvalue weighted by molar-refractivity contribution is 0.0734. The number of nitrogens with zero attached hydrogens (tertiary/aromatic N) is 1. The molecule has 0 atom stereocenters. The second kappa shape index (κ2) is 8.43. The molecule has 1 heterocycles. The van der Waals surface area contributed by atoms with E-state index >= 15 is 0 Å². The van der Waals surface area contributed by atoms with Crippen LogP contribution in [0.25, 0.3) is 0 Å². The number of nitrogens with one attached hydrogen (secondary N) is 1. The fraction of sp³-hybridized carbons (Fsp3) is 0.208. The number of rotatable bonds is 5. The summed E-state index contributed by atoms with van der Waals surface area (Å²) >= 11 is 0. The van der Waals surface area contributed by atoms with Gasteiger partial charge < -0.3 is 9.64 Å². The summed E-state index contributed by atoms with van der Waals surface area (Å²) in [6.45, 7) is 2.83. The molecule has 31 heavy (non-hydrogen) atoms. The molecule has 0 aliphatic carbocycles. The highest BCUT2D eigenvalue weighted by molar-refractivity contribution is 7.92. The molecule has 0 unspecified atom stereocenters. The average Bonchev–Trinajstić information content (AvgIpc) is 2.78. The Balaban J connectivity index is 1.62. The molecule has 6 nitrogen and oxygen atoms in total. The van der Waals surface area contributed by atoms with Gasteiger partial charge in [-0.2, -0.15) is 0 Å². The highest BCUT2D eigenvalue weighted by Crippen LogP contribution is 2.28. The van der Waals surface area contributed by atoms with Crippen LogP contribution in [0.3, 0.4) is 0 Å². The fourth-order valence-electron chi connectivity index (χ4n) is 3.80. The van der Waals surface area contributed by atoms with Crippen LogP contribution in [0.5, 0.6) is 5.75 Å². The lowest BCUT2D eigenvalue weighted by Crippen LogP contribution is -2.36. The van der Waals surface area contributed by atoms with Crippen molar-refractivity contribution >= 4 is 21.6 Å². The standard InChI is InChI=1S/C24H24N2O4S/c1-17-11-12-19(24(27)26-14-13-18-7-3-4-8-20(18)16-26)15-23(17)31(28,29)25-21-9-5-6-10-22(21)30-2/h3-12,15,25H,13-14,16H2,1-2H3. The monoisotopic (exact) mass is 436 g/mol. The molecule has 0 saturated heterocycles. The zero-order valence-electron chi connectivity index (χ0n) is 17.5. The first kappa shape index (κ1) is 20.9. The molecule has 0 spiro atoms. The molecule has 0 aromatic heterocycles. The Bertz CT molecular complexity index is 1240. The van der Waals surface area contributed by atoms with Gasteiger partial charge in [0.25, 0.3) is 15.9 Å². The van der Waals surface area contributed by atoms with Gasteiger partial charge in [0, 0.05) is 18.7 Å². The van der Waals surface area contributed by atoms with Crippen LogP contribution < -0.4 is 9.46 Å². The van der Waals surface area contributed by atoms with Gasteiger partial charge in [0.1, 0.15) is 5.75 Å². The van der Waals surface area contributed by atoms with E-state index in [0.29, 0.717) is 35.7 Å². The van der Waals surface area contributed by atoms with Crippen molar-refractivity contribution in [2.45, 2.75) is 24.8 Å². The van der Waals surface area contributed by atoms with Crippen molar-refractivity contribution in [3.63, 3.8) is 0 Å². The molecule has 3 aromatic carbocycles. The summed E-state index contributed by atoms with van der Waals surface area (Å²) in [4.78, 5) is 15.0. The number of carbonyl (C=O) groups excluding carboxylic acids is 1. The van der Waals surface area contributed by atoms with Crippen LogP contribution in [-0.2, 0) is 23.0 Å². The molecule has 1 amide bonds. The zero-order chi connectivity index (χ0) is 22.0. The molecule has 0 radical (unpaired) electrons. The van der Waals surface area contributed by atoms with E-state index in [-0.39, 0.29) is 10.8 Å². The SMILES string of the molecule is COc1ccccc1NS(=O)(=O)c1cc(C(=O)N2CCc3ccccc3C2)ccc1C. The number of ether oxygens (including phenoxy) is 1. The van der Waals surface area contributed by atoms with Gasteiger partial charge in [0.05, 0.1) is 17.7 Å². The lowest BCUT2D eigenvalue weighted by atomic mass is 9.99. The summed E-state index contributed by atoms with van der Waals surface area (Å²) in [5, 5.41) is 0. The van der Waals surface area contributed by atoms with Crippen molar-refractivity contribution in [3.8, 4) is 5.75 Å². The molecular weight excluding hydrogens is 412 g/mol. The summed E-state index contributed by atoms with van der Waals surface area (Å²) in [6.07, 6.45) is 0.786. The third-order valence-electron chi connectivity index (χ3n) is 5.49. The van der Waals surface area contributed by atoms with E-state index in [1.165, 1.54) is 18.7 Å². The minimum atomic E-state index is -3.91. The van der Waals surface area contributed by atoms with Crippen molar-refractivity contribution in [3.05, 3.63) is 89.0 Å². The zero-order valence-corrected chi connectivity index (χ0v) is 18.3. The van der Waals surface area contributed by atoms with E-state index in [1.54, 1.807) is 48.2 Å². The number of para-hydroxylation sites is 2. The van der Waals surface area contributed by atoms with E-state index in [1.807, 2.05) is 18.2 Å². The molecule has 160 valence electrons. The first-order valence-electron chi connectivity index (χ1n) is 10.0. The molecule has 7 heteroatoms. The van der Waals surface area contributed by atoms with Gasteiger partial charge in [0.15, 0.2) is 0 Å². The molecule has 3 aromatic rings. The summed E-state index contributed by atoms with van der Waals surface area (Å²) < 4.78 is 34.0. The van der Waals surface area contributed by atoms with Crippen LogP contribution in [0.2, 0.25) is 0 Å². The molecule has 1 aliphatic heterocycles. The van der Waals surface area contributed by atoms with Gasteiger partial charge >= 0.3 is 0 Å². The minimum Gasteiger partial charge on any atom is -0.495 e. The van der Waals surface area contributed by atoms with Crippen molar-refractivity contribution < 1.29 is 17.9 Å². The van der Waals surface area contributed by atoms with Gasteiger partial charge in [-0.25, -0.2) is 8.42 Å². The Kier molecular flexibility index (Phi) is 5.69. The van der Waals surface area contributed by atoms with Crippen molar-refractivity contribution in [1.82, 2.24) is 4.90 Å². The number of carbonyl (C=O) groups is 1. The van der Waals surface area contributed by atoms with Gasteiger partial charge in [-0.05, 0) is 54.3 Å². The molecule has 0 bridgehead atoms. The second-order valence-electron chi connectivity index (χ2n) is 7.53. The summed E-state index contributed by atoms with van der Waals surface area (Å²) in [5.41, 5.74) is 3.63. The largest absolute Gasteiger partial charge is 0.495 e. The lowest BCUT2D eigenvalue weighted by Gasteiger charge is -2.29. The van der Waals surface area contributed by atoms with Crippen LogP contribution in [0.15, 0.2) is 71.6 Å². The number of hydrogen-bond donors (Lipinski definition) is 1. The van der Waals surface area contributed by atoms with E-state index in [4.69, 9.17) is 4.74 Å². The van der Waals surface area contributed by atoms with E-state index < -0.39 is 10.0 Å². The third kappa shape index (κ3) is 4.27. The maximum atomic E-state index is 13.1. The normalized spacial score (nSPS) is 13.4. The highest BCUT2D eigenvalue weighted by atomic mass is 32.2. The first-order chi connectivity index (χ1) is 14.9. The number of methoxy groups -OCH3 is 1. The molecular formula is C24H24N2O4S. The number of benzene rings is 3. The topological polar surface area (TPSA) is 75.7 Å². The predicted molar refractivity (Wildman–Crippen MR) is 120 cm³/mol. The van der Waals surface area contributed by atoms with Gasteiger partial charge in [-0.3, -0.25) is 9.52 Å². The number of aryl methyl sites for hydroxylation is 1. The van der Waals surface area contributed by atoms with Gasteiger partial charge in [-0.15, -0.1) is 0 Å². The Morgan fingerprint density at radius 3 is 2.48 bits per heavy atom. The quantitative estimate of drug-likeness (QED) is 0.656. The molecule has 0 saturated carbocycles. The first-order valence-corrected chi connectivity index (χ1v) is 11.5. The van der Waals surface area contributed by atoms with Crippen LogP contribution in [0.1, 0.15) is 27.0 Å². The molecule has 1 N–H and O–H groups in total. The average molecular weight is 437 g/mol. The Morgan fingerprint density at radius 1 is 1.00 bits per heavy atom. The van der Waals surface area contributed by atoms with Gasteiger partial charge in [-0.1, -0.05) is 42.5 Å². The summed E-state index contributed by atoms with van der Waals surface area (Å²) in [7, 11) is -2.43. The Morgan fingerprint density at radius 2 is 1.71 bits per heavy atom. The van der Waals surface area contributed by atoms with Crippen LogP contribution >= 0.6 is 0 Å². The highest BCUT2D eigenvalue weighted by Gasteiger charge is 2.25. The van der Waals surface area contributed by atoms with Gasteiger partial charge in [0.2, 0.25) is 0 Å². The van der Waals surface area contributed by atoms with Crippen LogP contribution in [-0.4, -0.2) is 32.9 Å². The molecule has 0 fully saturated rings. The molecule has 4 rings (SSSR count). The number of fused-ring (bicyclic) bond motifs is 1. The predicted octanol–water partition coefficient (Wildman–Crippen LogP) is 4.00. The fourth-order valence-corrected chi connectivity index (χ4v) is 5.15. The van der Waals surface area contributed by atoms with E-state index in [9.17, 15) is 13.2 Å². The number of amides is 1. The van der Waals surface area contributed by atoms with Crippen LogP contribution in [0, 0.1) is 6.92 Å². The Hall–Kier alpha value is -3.32. The van der Waals surface area contributed by atoms with Crippen molar-refractivity contribution in [2.24, 2.45) is 0 Å². The maximum absolute atomic E-state index is 13.1. The Labute approximate surface area is 182 Å². The third-order valence-corrected chi connectivity index (χ3v) is 7.00. The van der Waals surface area contributed by atoms with E-state index in [0.717, 1.165) is 12.0 Å².